The first-order chi connectivity index (χ1) is 14.3. The average molecular weight is 406 g/mol. The minimum Gasteiger partial charge on any atom is -0.481 e. The summed E-state index contributed by atoms with van der Waals surface area (Å²) in [6, 6.07) is 11.3. The zero-order valence-electron chi connectivity index (χ0n) is 17.6. The fourth-order valence-electron chi connectivity index (χ4n) is 4.24. The van der Waals surface area contributed by atoms with Gasteiger partial charge in [-0.25, -0.2) is 4.39 Å². The molecule has 0 amide bonds. The van der Waals surface area contributed by atoms with Crippen LogP contribution in [0.25, 0.3) is 0 Å². The molecule has 1 saturated carbocycles. The molecule has 2 aromatic carbocycles. The molecule has 1 unspecified atom stereocenters. The van der Waals surface area contributed by atoms with Gasteiger partial charge in [-0.05, 0) is 84.5 Å². The number of carboxylic acids is 1. The summed E-state index contributed by atoms with van der Waals surface area (Å²) >= 11 is 0. The standard InChI is InChI=1S/C26H28FNO2/c1-26(2)12-11-24(28-16-19-5-6-19)21-10-8-17(13-22(21)26)3-4-18-7-9-20(15-25(29)30)23(27)14-18/h7-10,13-14,19,24,28H,5-6,11-12,15-16H2,1-2H3,(H,29,30). The number of halogens is 1. The van der Waals surface area contributed by atoms with Crippen LogP contribution in [0.4, 0.5) is 4.39 Å². The Kier molecular flexibility index (Phi) is 5.66. The fourth-order valence-corrected chi connectivity index (χ4v) is 4.24. The van der Waals surface area contributed by atoms with Gasteiger partial charge in [0, 0.05) is 17.2 Å². The maximum Gasteiger partial charge on any atom is 0.307 e. The number of carboxylic acid groups (broad SMARTS) is 1. The summed E-state index contributed by atoms with van der Waals surface area (Å²) in [5.74, 6) is 5.46. The lowest BCUT2D eigenvalue weighted by atomic mass is 9.70. The van der Waals surface area contributed by atoms with Gasteiger partial charge in [0.2, 0.25) is 0 Å². The number of aliphatic carboxylic acids is 1. The summed E-state index contributed by atoms with van der Waals surface area (Å²) in [7, 11) is 0. The molecule has 0 saturated heterocycles. The highest BCUT2D eigenvalue weighted by Gasteiger charge is 2.33. The zero-order valence-corrected chi connectivity index (χ0v) is 17.6. The molecule has 30 heavy (non-hydrogen) atoms. The Labute approximate surface area is 177 Å². The topological polar surface area (TPSA) is 49.3 Å². The molecule has 2 aromatic rings. The zero-order chi connectivity index (χ0) is 21.3. The molecule has 0 radical (unpaired) electrons. The van der Waals surface area contributed by atoms with Crippen molar-refractivity contribution in [2.24, 2.45) is 5.92 Å². The van der Waals surface area contributed by atoms with Gasteiger partial charge in [-0.2, -0.15) is 0 Å². The molecule has 1 atom stereocenters. The van der Waals surface area contributed by atoms with Gasteiger partial charge in [0.05, 0.1) is 6.42 Å². The number of hydrogen-bond donors (Lipinski definition) is 2. The van der Waals surface area contributed by atoms with Crippen molar-refractivity contribution in [2.75, 3.05) is 6.54 Å². The van der Waals surface area contributed by atoms with E-state index in [1.54, 1.807) is 6.07 Å². The predicted molar refractivity (Wildman–Crippen MR) is 116 cm³/mol. The van der Waals surface area contributed by atoms with Crippen LogP contribution < -0.4 is 5.32 Å². The molecule has 2 aliphatic rings. The van der Waals surface area contributed by atoms with E-state index in [0.29, 0.717) is 11.6 Å². The van der Waals surface area contributed by atoms with Gasteiger partial charge < -0.3 is 10.4 Å². The number of fused-ring (bicyclic) bond motifs is 1. The lowest BCUT2D eigenvalue weighted by Gasteiger charge is -2.37. The Morgan fingerprint density at radius 1 is 1.13 bits per heavy atom. The first-order valence-corrected chi connectivity index (χ1v) is 10.7. The lowest BCUT2D eigenvalue weighted by Crippen LogP contribution is -2.33. The van der Waals surface area contributed by atoms with Crippen molar-refractivity contribution in [3.63, 3.8) is 0 Å². The van der Waals surface area contributed by atoms with E-state index in [4.69, 9.17) is 5.11 Å². The molecule has 0 spiro atoms. The first-order valence-electron chi connectivity index (χ1n) is 10.7. The molecular formula is C26H28FNO2. The molecule has 0 heterocycles. The lowest BCUT2D eigenvalue weighted by molar-refractivity contribution is -0.136. The van der Waals surface area contributed by atoms with Crippen LogP contribution in [-0.2, 0) is 16.6 Å². The molecule has 0 aromatic heterocycles. The number of nitrogens with one attached hydrogen (secondary N) is 1. The van der Waals surface area contributed by atoms with E-state index in [1.165, 1.54) is 36.1 Å². The van der Waals surface area contributed by atoms with Gasteiger partial charge in [-0.3, -0.25) is 4.79 Å². The maximum atomic E-state index is 14.1. The van der Waals surface area contributed by atoms with Crippen molar-refractivity contribution in [3.8, 4) is 11.8 Å². The highest BCUT2D eigenvalue weighted by molar-refractivity contribution is 5.70. The van der Waals surface area contributed by atoms with Gasteiger partial charge in [0.25, 0.3) is 0 Å². The van der Waals surface area contributed by atoms with E-state index in [0.717, 1.165) is 30.9 Å². The number of carbonyl (C=O) groups is 1. The Morgan fingerprint density at radius 3 is 2.50 bits per heavy atom. The smallest absolute Gasteiger partial charge is 0.307 e. The van der Waals surface area contributed by atoms with Crippen LogP contribution in [-0.4, -0.2) is 17.6 Å². The SMILES string of the molecule is CC1(C)CCC(NCC2CC2)c2ccc(C#Cc3ccc(CC(=O)O)c(F)c3)cc21. The minimum atomic E-state index is -1.05. The van der Waals surface area contributed by atoms with E-state index in [1.807, 2.05) is 6.07 Å². The Hall–Kier alpha value is -2.64. The van der Waals surface area contributed by atoms with Crippen LogP contribution in [0.1, 0.15) is 73.4 Å². The summed E-state index contributed by atoms with van der Waals surface area (Å²) in [6.45, 7) is 5.68. The molecule has 3 nitrogen and oxygen atoms in total. The first kappa shape index (κ1) is 20.6. The molecule has 156 valence electrons. The highest BCUT2D eigenvalue weighted by atomic mass is 19.1. The average Bonchev–Trinajstić information content (AvgIpc) is 3.52. The minimum absolute atomic E-state index is 0.107. The molecule has 4 rings (SSSR count). The predicted octanol–water partition coefficient (Wildman–Crippen LogP) is 4.96. The molecule has 4 heteroatoms. The number of hydrogen-bond acceptors (Lipinski definition) is 2. The maximum absolute atomic E-state index is 14.1. The van der Waals surface area contributed by atoms with Crippen LogP contribution in [0.2, 0.25) is 0 Å². The summed E-state index contributed by atoms with van der Waals surface area (Å²) in [6.07, 6.45) is 4.67. The van der Waals surface area contributed by atoms with E-state index in [2.05, 4.69) is 43.1 Å². The van der Waals surface area contributed by atoms with Crippen molar-refractivity contribution in [3.05, 3.63) is 70.0 Å². The Balaban J connectivity index is 1.56. The van der Waals surface area contributed by atoms with Gasteiger partial charge in [-0.1, -0.05) is 37.8 Å². The van der Waals surface area contributed by atoms with Crippen LogP contribution >= 0.6 is 0 Å². The molecular weight excluding hydrogens is 377 g/mol. The molecule has 0 bridgehead atoms. The van der Waals surface area contributed by atoms with Crippen LogP contribution in [0.15, 0.2) is 36.4 Å². The largest absolute Gasteiger partial charge is 0.481 e. The Morgan fingerprint density at radius 2 is 1.83 bits per heavy atom. The molecule has 0 aliphatic heterocycles. The fraction of sp³-hybridized carbons (Fsp3) is 0.423. The summed E-state index contributed by atoms with van der Waals surface area (Å²) in [5, 5.41) is 12.6. The van der Waals surface area contributed by atoms with Crippen molar-refractivity contribution < 1.29 is 14.3 Å². The quantitative estimate of drug-likeness (QED) is 0.691. The third-order valence-corrected chi connectivity index (χ3v) is 6.31. The third kappa shape index (κ3) is 4.74. The normalized spacial score (nSPS) is 19.5. The van der Waals surface area contributed by atoms with Gasteiger partial charge in [0.1, 0.15) is 5.82 Å². The van der Waals surface area contributed by atoms with E-state index >= 15 is 0 Å². The van der Waals surface area contributed by atoms with Crippen LogP contribution in [0, 0.1) is 23.6 Å². The van der Waals surface area contributed by atoms with Crippen molar-refractivity contribution >= 4 is 5.97 Å². The van der Waals surface area contributed by atoms with E-state index in [9.17, 15) is 9.18 Å². The number of benzene rings is 2. The van der Waals surface area contributed by atoms with Crippen molar-refractivity contribution in [1.29, 1.82) is 0 Å². The van der Waals surface area contributed by atoms with Crippen LogP contribution in [0.5, 0.6) is 0 Å². The summed E-state index contributed by atoms with van der Waals surface area (Å²) in [4.78, 5) is 10.8. The molecule has 2 N–H and O–H groups in total. The van der Waals surface area contributed by atoms with Gasteiger partial charge in [-0.15, -0.1) is 0 Å². The van der Waals surface area contributed by atoms with Crippen molar-refractivity contribution in [1.82, 2.24) is 5.32 Å². The summed E-state index contributed by atoms with van der Waals surface area (Å²) in [5.41, 5.74) is 4.46. The van der Waals surface area contributed by atoms with E-state index in [-0.39, 0.29) is 17.4 Å². The highest BCUT2D eigenvalue weighted by Crippen LogP contribution is 2.42. The third-order valence-electron chi connectivity index (χ3n) is 6.31. The van der Waals surface area contributed by atoms with Crippen LogP contribution in [0.3, 0.4) is 0 Å². The summed E-state index contributed by atoms with van der Waals surface area (Å²) < 4.78 is 14.1. The Bertz CT molecular complexity index is 1030. The monoisotopic (exact) mass is 405 g/mol. The van der Waals surface area contributed by atoms with Crippen molar-refractivity contribution in [2.45, 2.75) is 57.4 Å². The van der Waals surface area contributed by atoms with E-state index < -0.39 is 11.8 Å². The molecule has 2 aliphatic carbocycles. The second-order valence-corrected chi connectivity index (χ2v) is 9.26. The second kappa shape index (κ2) is 8.24. The van der Waals surface area contributed by atoms with Gasteiger partial charge in [0.15, 0.2) is 0 Å². The molecule has 1 fully saturated rings. The number of rotatable bonds is 5. The van der Waals surface area contributed by atoms with Gasteiger partial charge >= 0.3 is 5.97 Å². The second-order valence-electron chi connectivity index (χ2n) is 9.26.